The van der Waals surface area contributed by atoms with Gasteiger partial charge in [0.15, 0.2) is 11.5 Å². The summed E-state index contributed by atoms with van der Waals surface area (Å²) in [6.07, 6.45) is 5.17. The number of aromatic nitrogens is 1. The molecule has 0 saturated heterocycles. The average molecular weight is 423 g/mol. The van der Waals surface area contributed by atoms with Crippen LogP contribution < -0.4 is 20.3 Å². The highest BCUT2D eigenvalue weighted by atomic mass is 16.7. The van der Waals surface area contributed by atoms with E-state index in [1.165, 1.54) is 0 Å². The highest BCUT2D eigenvalue weighted by Gasteiger charge is 2.24. The normalized spacial score (nSPS) is 13.2. The number of fused-ring (bicyclic) bond motifs is 2. The van der Waals surface area contributed by atoms with Crippen molar-refractivity contribution in [2.75, 3.05) is 12.1 Å². The van der Waals surface area contributed by atoms with Gasteiger partial charge in [-0.3, -0.25) is 14.8 Å². The molecule has 1 atom stereocenters. The molecular formula is C23H25N3O5. The number of hydrogen-bond acceptors (Lipinski definition) is 5. The van der Waals surface area contributed by atoms with E-state index in [-0.39, 0.29) is 12.7 Å². The molecule has 4 rings (SSSR count). The first-order valence-electron chi connectivity index (χ1n) is 10.4. The van der Waals surface area contributed by atoms with Gasteiger partial charge in [-0.2, -0.15) is 0 Å². The number of carbonyl (C=O) groups excluding carboxylic acids is 2. The summed E-state index contributed by atoms with van der Waals surface area (Å²) >= 11 is 0. The van der Waals surface area contributed by atoms with Crippen molar-refractivity contribution in [1.29, 1.82) is 0 Å². The Hall–Kier alpha value is -3.52. The van der Waals surface area contributed by atoms with Crippen LogP contribution in [-0.2, 0) is 4.79 Å². The number of hydrogen-bond donors (Lipinski definition) is 3. The van der Waals surface area contributed by atoms with Gasteiger partial charge in [0.05, 0.1) is 11.1 Å². The fourth-order valence-corrected chi connectivity index (χ4v) is 3.89. The van der Waals surface area contributed by atoms with Crippen LogP contribution in [0.5, 0.6) is 11.5 Å². The number of anilines is 1. The smallest absolute Gasteiger partial charge is 0.266 e. The summed E-state index contributed by atoms with van der Waals surface area (Å²) in [5, 5.41) is 13.0. The number of ether oxygens (including phenoxy) is 2. The Balaban J connectivity index is 1.67. The van der Waals surface area contributed by atoms with Crippen LogP contribution >= 0.6 is 0 Å². The van der Waals surface area contributed by atoms with E-state index >= 15 is 0 Å². The molecule has 3 aromatic rings. The second-order valence-corrected chi connectivity index (χ2v) is 7.48. The van der Waals surface area contributed by atoms with Crippen LogP contribution in [0.2, 0.25) is 0 Å². The minimum Gasteiger partial charge on any atom is -0.454 e. The van der Waals surface area contributed by atoms with Gasteiger partial charge in [0.1, 0.15) is 6.04 Å². The molecule has 0 aliphatic carbocycles. The molecule has 8 nitrogen and oxygen atoms in total. The van der Waals surface area contributed by atoms with Crippen molar-refractivity contribution in [1.82, 2.24) is 10.0 Å². The van der Waals surface area contributed by atoms with Crippen molar-refractivity contribution in [3.8, 4) is 11.5 Å². The molecule has 1 aliphatic rings. The van der Waals surface area contributed by atoms with Gasteiger partial charge in [-0.15, -0.1) is 0 Å². The Kier molecular flexibility index (Phi) is 6.08. The van der Waals surface area contributed by atoms with Crippen molar-refractivity contribution in [3.63, 3.8) is 0 Å². The third kappa shape index (κ3) is 4.20. The second kappa shape index (κ2) is 9.09. The maximum atomic E-state index is 13.2. The monoisotopic (exact) mass is 423 g/mol. The fourth-order valence-electron chi connectivity index (χ4n) is 3.89. The van der Waals surface area contributed by atoms with E-state index in [0.717, 1.165) is 24.6 Å². The lowest BCUT2D eigenvalue weighted by molar-refractivity contribution is -0.132. The molecule has 162 valence electrons. The summed E-state index contributed by atoms with van der Waals surface area (Å²) in [6, 6.07) is 11.9. The third-order valence-corrected chi connectivity index (χ3v) is 5.44. The number of unbranched alkanes of at least 4 members (excludes halogenated alkanes) is 2. The zero-order valence-electron chi connectivity index (χ0n) is 17.3. The number of hydroxylamine groups is 1. The molecule has 3 N–H and O–H groups in total. The maximum Gasteiger partial charge on any atom is 0.266 e. The van der Waals surface area contributed by atoms with Crippen molar-refractivity contribution in [2.45, 2.75) is 38.6 Å². The van der Waals surface area contributed by atoms with Crippen molar-refractivity contribution >= 4 is 28.4 Å². The Morgan fingerprint density at radius 1 is 1.13 bits per heavy atom. The van der Waals surface area contributed by atoms with Gasteiger partial charge in [0.25, 0.3) is 11.8 Å². The molecule has 2 amide bonds. The molecule has 31 heavy (non-hydrogen) atoms. The van der Waals surface area contributed by atoms with Crippen LogP contribution in [-0.4, -0.2) is 28.4 Å². The second-order valence-electron chi connectivity index (χ2n) is 7.48. The van der Waals surface area contributed by atoms with E-state index in [4.69, 9.17) is 9.47 Å². The predicted octanol–water partition coefficient (Wildman–Crippen LogP) is 4.25. The fraction of sp³-hybridized carbons (Fsp3) is 0.304. The van der Waals surface area contributed by atoms with E-state index in [1.807, 2.05) is 12.1 Å². The molecule has 1 unspecified atom stereocenters. The minimum absolute atomic E-state index is 0.159. The zero-order chi connectivity index (χ0) is 21.8. The number of rotatable bonds is 8. The molecule has 0 saturated carbocycles. The topological polar surface area (TPSA) is 102 Å². The minimum atomic E-state index is -0.617. The number of para-hydroxylation sites is 1. The summed E-state index contributed by atoms with van der Waals surface area (Å²) in [7, 11) is 0. The van der Waals surface area contributed by atoms with Crippen LogP contribution in [0, 0.1) is 0 Å². The Bertz CT molecular complexity index is 1110. The van der Waals surface area contributed by atoms with Crippen LogP contribution in [0.4, 0.5) is 5.69 Å². The summed E-state index contributed by atoms with van der Waals surface area (Å²) in [5.41, 5.74) is 3.43. The highest BCUT2D eigenvalue weighted by molar-refractivity contribution is 6.12. The van der Waals surface area contributed by atoms with E-state index in [1.54, 1.807) is 46.6 Å². The lowest BCUT2D eigenvalue weighted by Gasteiger charge is -2.19. The SMILES string of the molecule is CCCCCC(C(=O)NO)n1ccc2cccc(C(=O)Nc3ccc4c(c3)OCO4)c21. The molecule has 8 heteroatoms. The molecule has 0 fully saturated rings. The molecule has 1 aliphatic heterocycles. The van der Waals surface area contributed by atoms with Gasteiger partial charge in [0, 0.05) is 23.3 Å². The van der Waals surface area contributed by atoms with Gasteiger partial charge >= 0.3 is 0 Å². The first kappa shape index (κ1) is 20.7. The Morgan fingerprint density at radius 2 is 1.97 bits per heavy atom. The average Bonchev–Trinajstić information content (AvgIpc) is 3.43. The van der Waals surface area contributed by atoms with Gasteiger partial charge in [-0.05, 0) is 30.7 Å². The Labute approximate surface area is 179 Å². The lowest BCUT2D eigenvalue weighted by atomic mass is 10.1. The summed E-state index contributed by atoms with van der Waals surface area (Å²) in [5.74, 6) is 0.412. The van der Waals surface area contributed by atoms with E-state index in [9.17, 15) is 14.8 Å². The first-order valence-corrected chi connectivity index (χ1v) is 10.4. The standard InChI is InChI=1S/C23H25N3O5/c1-2-3-4-8-18(23(28)25-29)26-12-11-15-6-5-7-17(21(15)26)22(27)24-16-9-10-19-20(13-16)31-14-30-19/h5-7,9-13,18,29H,2-4,8,14H2,1H3,(H,24,27)(H,25,28). The van der Waals surface area contributed by atoms with Crippen LogP contribution in [0.15, 0.2) is 48.7 Å². The highest BCUT2D eigenvalue weighted by Crippen LogP contribution is 2.34. The number of benzene rings is 2. The summed E-state index contributed by atoms with van der Waals surface area (Å²) in [6.45, 7) is 2.25. The van der Waals surface area contributed by atoms with Gasteiger partial charge < -0.3 is 19.4 Å². The number of nitrogens with one attached hydrogen (secondary N) is 2. The quantitative estimate of drug-likeness (QED) is 0.286. The van der Waals surface area contributed by atoms with Crippen molar-refractivity contribution in [2.24, 2.45) is 0 Å². The van der Waals surface area contributed by atoms with Crippen LogP contribution in [0.1, 0.15) is 49.0 Å². The van der Waals surface area contributed by atoms with Gasteiger partial charge in [-0.1, -0.05) is 38.3 Å². The molecule has 0 radical (unpaired) electrons. The first-order chi connectivity index (χ1) is 15.1. The van der Waals surface area contributed by atoms with Gasteiger partial charge in [0.2, 0.25) is 6.79 Å². The Morgan fingerprint density at radius 3 is 2.77 bits per heavy atom. The zero-order valence-corrected chi connectivity index (χ0v) is 17.3. The van der Waals surface area contributed by atoms with Gasteiger partial charge in [-0.25, -0.2) is 5.48 Å². The molecule has 2 aromatic carbocycles. The predicted molar refractivity (Wildman–Crippen MR) is 116 cm³/mol. The number of amides is 2. The number of carbonyl (C=O) groups is 2. The molecular weight excluding hydrogens is 398 g/mol. The van der Waals surface area contributed by atoms with Crippen LogP contribution in [0.3, 0.4) is 0 Å². The lowest BCUT2D eigenvalue weighted by Crippen LogP contribution is -2.30. The molecule has 0 spiro atoms. The summed E-state index contributed by atoms with van der Waals surface area (Å²) in [4.78, 5) is 25.6. The van der Waals surface area contributed by atoms with E-state index in [2.05, 4.69) is 12.2 Å². The molecule has 0 bridgehead atoms. The number of nitrogens with zero attached hydrogens (tertiary/aromatic N) is 1. The van der Waals surface area contributed by atoms with Crippen molar-refractivity contribution < 1.29 is 24.3 Å². The molecule has 1 aromatic heterocycles. The maximum absolute atomic E-state index is 13.2. The third-order valence-electron chi connectivity index (χ3n) is 5.44. The van der Waals surface area contributed by atoms with Crippen LogP contribution in [0.25, 0.3) is 10.9 Å². The van der Waals surface area contributed by atoms with E-state index < -0.39 is 11.9 Å². The van der Waals surface area contributed by atoms with E-state index in [0.29, 0.717) is 34.7 Å². The van der Waals surface area contributed by atoms with Crippen molar-refractivity contribution in [3.05, 3.63) is 54.2 Å². The largest absolute Gasteiger partial charge is 0.454 e. The molecule has 2 heterocycles. The summed E-state index contributed by atoms with van der Waals surface area (Å²) < 4.78 is 12.5.